The Labute approximate surface area is 113 Å². The van der Waals surface area contributed by atoms with Crippen LogP contribution in [0.4, 0.5) is 22.0 Å². The Morgan fingerprint density at radius 2 is 1.45 bits per heavy atom. The first-order valence-electron chi connectivity index (χ1n) is 6.00. The zero-order chi connectivity index (χ0) is 15.3. The second-order valence-corrected chi connectivity index (χ2v) is 4.58. The zero-order valence-corrected chi connectivity index (χ0v) is 11.0. The minimum atomic E-state index is -2.19. The molecule has 0 aliphatic heterocycles. The summed E-state index contributed by atoms with van der Waals surface area (Å²) in [6.45, 7) is 3.18. The number of oxime groups is 1. The van der Waals surface area contributed by atoms with Gasteiger partial charge < -0.3 is 4.84 Å². The predicted molar refractivity (Wildman–Crippen MR) is 63.6 cm³/mol. The molecule has 0 bridgehead atoms. The van der Waals surface area contributed by atoms with E-state index >= 15 is 0 Å². The number of halogens is 5. The van der Waals surface area contributed by atoms with Gasteiger partial charge in [0.2, 0.25) is 5.82 Å². The third-order valence-corrected chi connectivity index (χ3v) is 2.53. The molecule has 112 valence electrons. The highest BCUT2D eigenvalue weighted by molar-refractivity contribution is 5.56. The molecule has 0 aliphatic rings. The van der Waals surface area contributed by atoms with E-state index in [1.165, 1.54) is 6.21 Å². The van der Waals surface area contributed by atoms with E-state index in [9.17, 15) is 22.0 Å². The van der Waals surface area contributed by atoms with Crippen LogP contribution in [0.3, 0.4) is 0 Å². The molecule has 0 N–H and O–H groups in total. The molecular weight excluding hydrogens is 281 g/mol. The van der Waals surface area contributed by atoms with Gasteiger partial charge in [0.15, 0.2) is 23.3 Å². The van der Waals surface area contributed by atoms with E-state index in [0.717, 1.165) is 6.42 Å². The van der Waals surface area contributed by atoms with E-state index in [4.69, 9.17) is 0 Å². The minimum Gasteiger partial charge on any atom is -0.391 e. The summed E-state index contributed by atoms with van der Waals surface area (Å²) in [6, 6.07) is 0. The maximum atomic E-state index is 13.2. The Morgan fingerprint density at radius 1 is 0.950 bits per heavy atom. The number of hydrogen-bond donors (Lipinski definition) is 0. The van der Waals surface area contributed by atoms with Crippen LogP contribution in [0.15, 0.2) is 5.16 Å². The summed E-state index contributed by atoms with van der Waals surface area (Å²) in [5.41, 5.74) is -1.04. The molecule has 0 fully saturated rings. The van der Waals surface area contributed by atoms with Crippen LogP contribution in [0.25, 0.3) is 0 Å². The summed E-state index contributed by atoms with van der Waals surface area (Å²) in [5, 5.41) is 3.41. The molecule has 0 spiro atoms. The standard InChI is InChI=1S/C13H14F5NO/c1-7(2)4-3-5-19-20-6-8-9(14)11(16)13(18)12(17)10(8)15/h5,7H,3-4,6H2,1-2H3/b19-5+. The van der Waals surface area contributed by atoms with Gasteiger partial charge in [0.05, 0.1) is 5.56 Å². The van der Waals surface area contributed by atoms with Gasteiger partial charge in [0, 0.05) is 6.21 Å². The fourth-order valence-electron chi connectivity index (χ4n) is 1.39. The Morgan fingerprint density at radius 3 is 1.95 bits per heavy atom. The monoisotopic (exact) mass is 295 g/mol. The van der Waals surface area contributed by atoms with Crippen molar-refractivity contribution in [3.63, 3.8) is 0 Å². The van der Waals surface area contributed by atoms with Crippen LogP contribution in [0.1, 0.15) is 32.3 Å². The van der Waals surface area contributed by atoms with E-state index in [-0.39, 0.29) is 0 Å². The Bertz CT molecular complexity index is 473. The number of benzene rings is 1. The third kappa shape index (κ3) is 3.91. The van der Waals surface area contributed by atoms with Gasteiger partial charge in [-0.2, -0.15) is 0 Å². The van der Waals surface area contributed by atoms with Crippen molar-refractivity contribution in [2.75, 3.05) is 0 Å². The normalized spacial score (nSPS) is 11.6. The van der Waals surface area contributed by atoms with Crippen molar-refractivity contribution in [1.82, 2.24) is 0 Å². The first-order chi connectivity index (χ1) is 9.36. The lowest BCUT2D eigenvalue weighted by molar-refractivity contribution is 0.123. The Kier molecular flexibility index (Phi) is 5.91. The molecule has 0 heterocycles. The SMILES string of the molecule is CC(C)CC/C=N/OCc1c(F)c(F)c(F)c(F)c1F. The van der Waals surface area contributed by atoms with Gasteiger partial charge in [-0.15, -0.1) is 0 Å². The number of hydrogen-bond acceptors (Lipinski definition) is 2. The van der Waals surface area contributed by atoms with Crippen molar-refractivity contribution in [3.8, 4) is 0 Å². The van der Waals surface area contributed by atoms with Crippen molar-refractivity contribution in [2.45, 2.75) is 33.3 Å². The van der Waals surface area contributed by atoms with Gasteiger partial charge in [0.1, 0.15) is 6.61 Å². The summed E-state index contributed by atoms with van der Waals surface area (Å²) in [6.07, 6.45) is 2.82. The van der Waals surface area contributed by atoms with Gasteiger partial charge in [0.25, 0.3) is 0 Å². The largest absolute Gasteiger partial charge is 0.391 e. The number of rotatable bonds is 6. The lowest BCUT2D eigenvalue weighted by Gasteiger charge is -2.06. The van der Waals surface area contributed by atoms with Crippen molar-refractivity contribution in [2.24, 2.45) is 11.1 Å². The van der Waals surface area contributed by atoms with Crippen LogP contribution in [-0.2, 0) is 11.4 Å². The average Bonchev–Trinajstić information content (AvgIpc) is 2.41. The third-order valence-electron chi connectivity index (χ3n) is 2.53. The Balaban J connectivity index is 2.70. The lowest BCUT2D eigenvalue weighted by atomic mass is 10.1. The maximum Gasteiger partial charge on any atom is 0.200 e. The zero-order valence-electron chi connectivity index (χ0n) is 11.0. The maximum absolute atomic E-state index is 13.2. The predicted octanol–water partition coefficient (Wildman–Crippen LogP) is 4.32. The first-order valence-corrected chi connectivity index (χ1v) is 6.00. The van der Waals surface area contributed by atoms with Crippen LogP contribution in [0.2, 0.25) is 0 Å². The topological polar surface area (TPSA) is 21.6 Å². The highest BCUT2D eigenvalue weighted by Gasteiger charge is 2.25. The van der Waals surface area contributed by atoms with Gasteiger partial charge in [-0.1, -0.05) is 19.0 Å². The molecule has 0 aliphatic carbocycles. The van der Waals surface area contributed by atoms with Crippen LogP contribution in [-0.4, -0.2) is 6.21 Å². The molecule has 0 saturated carbocycles. The summed E-state index contributed by atoms with van der Waals surface area (Å²) >= 11 is 0. The summed E-state index contributed by atoms with van der Waals surface area (Å²) in [7, 11) is 0. The minimum absolute atomic E-state index is 0.455. The van der Waals surface area contributed by atoms with E-state index in [0.29, 0.717) is 12.3 Å². The smallest absolute Gasteiger partial charge is 0.200 e. The van der Waals surface area contributed by atoms with Crippen molar-refractivity contribution >= 4 is 6.21 Å². The first kappa shape index (κ1) is 16.4. The van der Waals surface area contributed by atoms with Crippen molar-refractivity contribution in [1.29, 1.82) is 0 Å². The molecule has 2 nitrogen and oxygen atoms in total. The molecule has 0 atom stereocenters. The number of nitrogens with zero attached hydrogens (tertiary/aromatic N) is 1. The molecule has 7 heteroatoms. The molecule has 0 aromatic heterocycles. The molecule has 0 unspecified atom stereocenters. The average molecular weight is 295 g/mol. The molecule has 0 amide bonds. The second-order valence-electron chi connectivity index (χ2n) is 4.58. The highest BCUT2D eigenvalue weighted by Crippen LogP contribution is 2.23. The second kappa shape index (κ2) is 7.21. The fourth-order valence-corrected chi connectivity index (χ4v) is 1.39. The summed E-state index contributed by atoms with van der Waals surface area (Å²) < 4.78 is 65.0. The van der Waals surface area contributed by atoms with E-state index in [1.807, 2.05) is 13.8 Å². The van der Waals surface area contributed by atoms with E-state index in [1.54, 1.807) is 0 Å². The molecule has 1 aromatic carbocycles. The van der Waals surface area contributed by atoms with Crippen molar-refractivity contribution in [3.05, 3.63) is 34.6 Å². The Hall–Kier alpha value is -1.66. The molecular formula is C13H14F5NO. The van der Waals surface area contributed by atoms with Crippen molar-refractivity contribution < 1.29 is 26.8 Å². The molecule has 20 heavy (non-hydrogen) atoms. The van der Waals surface area contributed by atoms with Crippen LogP contribution in [0.5, 0.6) is 0 Å². The molecule has 0 saturated heterocycles. The molecule has 1 aromatic rings. The van der Waals surface area contributed by atoms with Crippen LogP contribution < -0.4 is 0 Å². The lowest BCUT2D eigenvalue weighted by Crippen LogP contribution is -2.07. The van der Waals surface area contributed by atoms with Gasteiger partial charge in [-0.3, -0.25) is 0 Å². The van der Waals surface area contributed by atoms with Crippen LogP contribution in [0, 0.1) is 35.0 Å². The van der Waals surface area contributed by atoms with Crippen LogP contribution >= 0.6 is 0 Å². The summed E-state index contributed by atoms with van der Waals surface area (Å²) in [5.74, 6) is -9.53. The quantitative estimate of drug-likeness (QED) is 0.252. The highest BCUT2D eigenvalue weighted by atomic mass is 19.2. The van der Waals surface area contributed by atoms with Gasteiger partial charge >= 0.3 is 0 Å². The van der Waals surface area contributed by atoms with E-state index in [2.05, 4.69) is 9.99 Å². The molecule has 0 radical (unpaired) electrons. The van der Waals surface area contributed by atoms with Gasteiger partial charge in [-0.05, 0) is 18.8 Å². The fraction of sp³-hybridized carbons (Fsp3) is 0.462. The van der Waals surface area contributed by atoms with E-state index < -0.39 is 41.3 Å². The summed E-state index contributed by atoms with van der Waals surface area (Å²) in [4.78, 5) is 4.55. The van der Waals surface area contributed by atoms with Gasteiger partial charge in [-0.25, -0.2) is 22.0 Å². The molecule has 1 rings (SSSR count).